The molecule has 0 saturated carbocycles. The van der Waals surface area contributed by atoms with Gasteiger partial charge in [-0.05, 0) is 41.8 Å². The van der Waals surface area contributed by atoms with Crippen LogP contribution in [0, 0.1) is 0 Å². The third kappa shape index (κ3) is 3.30. The van der Waals surface area contributed by atoms with Crippen molar-refractivity contribution in [2.24, 2.45) is 0 Å². The van der Waals surface area contributed by atoms with Crippen molar-refractivity contribution in [1.29, 1.82) is 0 Å². The molecule has 3 rings (SSSR count). The van der Waals surface area contributed by atoms with Crippen LogP contribution >= 0.6 is 11.7 Å². The van der Waals surface area contributed by atoms with Crippen molar-refractivity contribution in [3.8, 4) is 11.5 Å². The highest BCUT2D eigenvalue weighted by Crippen LogP contribution is 2.29. The van der Waals surface area contributed by atoms with Gasteiger partial charge in [-0.15, -0.1) is 0 Å². The first-order valence-electron chi connectivity index (χ1n) is 7.27. The second kappa shape index (κ2) is 6.84. The van der Waals surface area contributed by atoms with E-state index < -0.39 is 11.9 Å². The van der Waals surface area contributed by atoms with Gasteiger partial charge in [0.1, 0.15) is 22.5 Å². The Labute approximate surface area is 143 Å². The number of benzene rings is 2. The van der Waals surface area contributed by atoms with Gasteiger partial charge < -0.3 is 14.6 Å². The van der Waals surface area contributed by atoms with E-state index >= 15 is 0 Å². The second-order valence-corrected chi connectivity index (χ2v) is 5.86. The van der Waals surface area contributed by atoms with E-state index in [0.29, 0.717) is 29.0 Å². The summed E-state index contributed by atoms with van der Waals surface area (Å²) >= 11 is 1.12. The number of ether oxygens (including phenoxy) is 2. The van der Waals surface area contributed by atoms with Crippen molar-refractivity contribution in [3.63, 3.8) is 0 Å². The van der Waals surface area contributed by atoms with Crippen LogP contribution in [0.5, 0.6) is 11.5 Å². The third-order valence-electron chi connectivity index (χ3n) is 3.83. The lowest BCUT2D eigenvalue weighted by atomic mass is 9.91. The molecular weight excluding hydrogens is 328 g/mol. The molecule has 0 aliphatic rings. The average Bonchev–Trinajstić information content (AvgIpc) is 3.06. The van der Waals surface area contributed by atoms with Crippen LogP contribution in [-0.2, 0) is 11.2 Å². The smallest absolute Gasteiger partial charge is 0.311 e. The summed E-state index contributed by atoms with van der Waals surface area (Å²) < 4.78 is 18.8. The Hall–Kier alpha value is -2.67. The summed E-state index contributed by atoms with van der Waals surface area (Å²) in [5.74, 6) is -0.312. The topological polar surface area (TPSA) is 81.5 Å². The summed E-state index contributed by atoms with van der Waals surface area (Å²) in [5.41, 5.74) is 3.02. The van der Waals surface area contributed by atoms with Gasteiger partial charge in [-0.25, -0.2) is 0 Å². The molecule has 1 aromatic heterocycles. The highest BCUT2D eigenvalue weighted by atomic mass is 32.1. The van der Waals surface area contributed by atoms with Gasteiger partial charge in [-0.3, -0.25) is 4.79 Å². The summed E-state index contributed by atoms with van der Waals surface area (Å²) in [6.45, 7) is 0. The zero-order valence-electron chi connectivity index (χ0n) is 13.2. The average molecular weight is 344 g/mol. The van der Waals surface area contributed by atoms with Gasteiger partial charge in [-0.1, -0.05) is 6.07 Å². The summed E-state index contributed by atoms with van der Waals surface area (Å²) in [6, 6.07) is 10.8. The highest BCUT2D eigenvalue weighted by Gasteiger charge is 2.22. The predicted octanol–water partition coefficient (Wildman–Crippen LogP) is 3.12. The van der Waals surface area contributed by atoms with Crippen LogP contribution in [0.1, 0.15) is 17.0 Å². The molecular formula is C17H16N2O4S. The first-order chi connectivity index (χ1) is 11.6. The van der Waals surface area contributed by atoms with Crippen LogP contribution in [0.25, 0.3) is 11.0 Å². The molecule has 0 fully saturated rings. The number of aromatic nitrogens is 2. The fraction of sp³-hybridized carbons (Fsp3) is 0.235. The maximum atomic E-state index is 11.8. The minimum atomic E-state index is -0.890. The predicted molar refractivity (Wildman–Crippen MR) is 91.0 cm³/mol. The lowest BCUT2D eigenvalue weighted by Crippen LogP contribution is -2.14. The number of aliphatic carboxylic acids is 1. The zero-order valence-corrected chi connectivity index (χ0v) is 14.0. The zero-order chi connectivity index (χ0) is 17.1. The lowest BCUT2D eigenvalue weighted by Gasteiger charge is -2.14. The Balaban J connectivity index is 1.95. The molecule has 24 heavy (non-hydrogen) atoms. The molecule has 124 valence electrons. The van der Waals surface area contributed by atoms with Gasteiger partial charge >= 0.3 is 5.97 Å². The van der Waals surface area contributed by atoms with E-state index in [1.807, 2.05) is 12.1 Å². The maximum Gasteiger partial charge on any atom is 0.311 e. The molecule has 2 aromatic carbocycles. The molecule has 1 atom stereocenters. The molecule has 1 heterocycles. The maximum absolute atomic E-state index is 11.8. The molecule has 0 spiro atoms. The molecule has 0 bridgehead atoms. The van der Waals surface area contributed by atoms with Crippen molar-refractivity contribution in [1.82, 2.24) is 8.75 Å². The van der Waals surface area contributed by atoms with E-state index in [1.54, 1.807) is 38.5 Å². The molecule has 6 nitrogen and oxygen atoms in total. The van der Waals surface area contributed by atoms with E-state index in [1.165, 1.54) is 0 Å². The number of methoxy groups -OCH3 is 2. The second-order valence-electron chi connectivity index (χ2n) is 5.33. The Kier molecular flexibility index (Phi) is 4.61. The van der Waals surface area contributed by atoms with E-state index in [4.69, 9.17) is 9.47 Å². The Morgan fingerprint density at radius 3 is 2.38 bits per heavy atom. The van der Waals surface area contributed by atoms with E-state index in [-0.39, 0.29) is 0 Å². The Morgan fingerprint density at radius 2 is 1.75 bits per heavy atom. The van der Waals surface area contributed by atoms with Crippen molar-refractivity contribution < 1.29 is 19.4 Å². The van der Waals surface area contributed by atoms with Crippen LogP contribution in [0.4, 0.5) is 0 Å². The van der Waals surface area contributed by atoms with Crippen molar-refractivity contribution >= 4 is 28.7 Å². The first-order valence-corrected chi connectivity index (χ1v) is 8.00. The van der Waals surface area contributed by atoms with E-state index in [2.05, 4.69) is 8.75 Å². The number of rotatable bonds is 6. The fourth-order valence-corrected chi connectivity index (χ4v) is 3.10. The van der Waals surface area contributed by atoms with Gasteiger partial charge in [0.05, 0.1) is 31.9 Å². The normalized spacial score (nSPS) is 12.1. The molecule has 0 radical (unpaired) electrons. The number of carboxylic acid groups (broad SMARTS) is 1. The van der Waals surface area contributed by atoms with Gasteiger partial charge in [0, 0.05) is 6.07 Å². The van der Waals surface area contributed by atoms with Crippen LogP contribution in [-0.4, -0.2) is 34.0 Å². The lowest BCUT2D eigenvalue weighted by molar-refractivity contribution is -0.138. The van der Waals surface area contributed by atoms with Gasteiger partial charge in [0.15, 0.2) is 0 Å². The molecule has 0 aliphatic heterocycles. The van der Waals surface area contributed by atoms with Crippen LogP contribution < -0.4 is 9.47 Å². The van der Waals surface area contributed by atoms with E-state index in [0.717, 1.165) is 22.8 Å². The number of hydrogen-bond acceptors (Lipinski definition) is 6. The van der Waals surface area contributed by atoms with Gasteiger partial charge in [0.2, 0.25) is 0 Å². The van der Waals surface area contributed by atoms with Gasteiger partial charge in [0.25, 0.3) is 0 Å². The van der Waals surface area contributed by atoms with Crippen LogP contribution in [0.2, 0.25) is 0 Å². The summed E-state index contributed by atoms with van der Waals surface area (Å²) in [6.07, 6.45) is 0.325. The summed E-state index contributed by atoms with van der Waals surface area (Å²) in [7, 11) is 3.13. The molecule has 1 unspecified atom stereocenters. The van der Waals surface area contributed by atoms with E-state index in [9.17, 15) is 9.90 Å². The van der Waals surface area contributed by atoms with Crippen molar-refractivity contribution in [3.05, 3.63) is 47.5 Å². The monoisotopic (exact) mass is 344 g/mol. The molecule has 1 N–H and O–H groups in total. The quantitative estimate of drug-likeness (QED) is 0.740. The molecule has 3 aromatic rings. The number of nitrogens with zero attached hydrogens (tertiary/aromatic N) is 2. The van der Waals surface area contributed by atoms with Crippen molar-refractivity contribution in [2.45, 2.75) is 12.3 Å². The summed E-state index contributed by atoms with van der Waals surface area (Å²) in [4.78, 5) is 11.8. The van der Waals surface area contributed by atoms with Crippen LogP contribution in [0.15, 0.2) is 36.4 Å². The largest absolute Gasteiger partial charge is 0.497 e. The molecule has 0 amide bonds. The minimum absolute atomic E-state index is 0.325. The molecule has 7 heteroatoms. The number of carbonyl (C=O) groups is 1. The Bertz CT molecular complexity index is 856. The number of carboxylic acids is 1. The molecule has 0 aliphatic carbocycles. The van der Waals surface area contributed by atoms with Crippen molar-refractivity contribution in [2.75, 3.05) is 14.2 Å². The highest BCUT2D eigenvalue weighted by molar-refractivity contribution is 7.00. The number of fused-ring (bicyclic) bond motifs is 1. The minimum Gasteiger partial charge on any atom is -0.497 e. The fourth-order valence-electron chi connectivity index (χ4n) is 2.58. The molecule has 0 saturated heterocycles. The first kappa shape index (κ1) is 16.2. The SMILES string of the molecule is COc1cc(CC(C(=O)O)c2ccc3nsnc3c2)cc(OC)c1. The summed E-state index contributed by atoms with van der Waals surface area (Å²) in [5, 5.41) is 9.67. The number of hydrogen-bond donors (Lipinski definition) is 1. The standard InChI is InChI=1S/C17H16N2O4S/c1-22-12-5-10(6-13(9-12)23-2)7-14(17(20)21)11-3-4-15-16(8-11)19-24-18-15/h3-6,8-9,14H,7H2,1-2H3,(H,20,21). The van der Waals surface area contributed by atoms with Crippen LogP contribution in [0.3, 0.4) is 0 Å². The third-order valence-corrected chi connectivity index (χ3v) is 4.39. The Morgan fingerprint density at radius 1 is 1.08 bits per heavy atom. The van der Waals surface area contributed by atoms with Gasteiger partial charge in [-0.2, -0.15) is 8.75 Å².